The van der Waals surface area contributed by atoms with Gasteiger partial charge in [0.05, 0.1) is 17.2 Å². The van der Waals surface area contributed by atoms with E-state index in [-0.39, 0.29) is 0 Å². The quantitative estimate of drug-likeness (QED) is 0.591. The van der Waals surface area contributed by atoms with Gasteiger partial charge in [0.1, 0.15) is 0 Å². The van der Waals surface area contributed by atoms with E-state index >= 15 is 0 Å². The van der Waals surface area contributed by atoms with Crippen LogP contribution in [0.4, 0.5) is 0 Å². The fourth-order valence-electron chi connectivity index (χ4n) is 0.980. The number of nitroso groups, excluding NO2 is 1. The van der Waals surface area contributed by atoms with Crippen LogP contribution < -0.4 is 0 Å². The molecule has 0 aromatic rings. The van der Waals surface area contributed by atoms with Crippen molar-refractivity contribution in [2.24, 2.45) is 5.29 Å². The van der Waals surface area contributed by atoms with E-state index in [1.54, 1.807) is 6.20 Å². The fourth-order valence-corrected chi connectivity index (χ4v) is 0.980. The molecule has 0 amide bonds. The summed E-state index contributed by atoms with van der Waals surface area (Å²) >= 11 is 0. The first-order valence-electron chi connectivity index (χ1n) is 2.90. The maximum atomic E-state index is 9.96. The van der Waals surface area contributed by atoms with Crippen LogP contribution in [0.25, 0.3) is 11.3 Å². The van der Waals surface area contributed by atoms with Crippen molar-refractivity contribution in [2.75, 3.05) is 0 Å². The van der Waals surface area contributed by atoms with Crippen molar-refractivity contribution >= 4 is 0 Å². The first-order chi connectivity index (χ1) is 4.90. The molecule has 4 heteroatoms. The predicted octanol–water partition coefficient (Wildman–Crippen LogP) is 1.45. The zero-order chi connectivity index (χ0) is 6.97. The molecule has 1 aliphatic heterocycles. The van der Waals surface area contributed by atoms with Gasteiger partial charge in [-0.15, -0.1) is 9.70 Å². The molecule has 0 spiro atoms. The molecule has 0 aromatic carbocycles. The molecule has 0 bridgehead atoms. The normalized spacial score (nSPS) is 10.4. The van der Waals surface area contributed by atoms with Gasteiger partial charge in [0.2, 0.25) is 0 Å². The molecule has 4 nitrogen and oxygen atoms in total. The van der Waals surface area contributed by atoms with Gasteiger partial charge in [0, 0.05) is 5.56 Å². The molecule has 0 saturated carbocycles. The number of aromatic nitrogens is 2. The summed E-state index contributed by atoms with van der Waals surface area (Å²) in [6.45, 7) is 0. The van der Waals surface area contributed by atoms with E-state index in [0.29, 0.717) is 0 Å². The average Bonchev–Trinajstić information content (AvgIpc) is 2.42. The number of nitrogens with zero attached hydrogens (tertiary/aromatic N) is 2. The van der Waals surface area contributed by atoms with Crippen molar-refractivity contribution in [2.45, 2.75) is 0 Å². The van der Waals surface area contributed by atoms with Crippen LogP contribution in [0.3, 0.4) is 0 Å². The first kappa shape index (κ1) is 5.22. The van der Waals surface area contributed by atoms with Crippen molar-refractivity contribution in [3.63, 3.8) is 0 Å². The summed E-state index contributed by atoms with van der Waals surface area (Å²) in [6.07, 6.45) is 1.64. The fraction of sp³-hybridized carbons (Fsp3) is 0. The van der Waals surface area contributed by atoms with Gasteiger partial charge in [-0.05, 0) is 6.07 Å². The Hall–Kier alpha value is -1.58. The van der Waals surface area contributed by atoms with Gasteiger partial charge in [-0.25, -0.2) is 0 Å². The van der Waals surface area contributed by atoms with Crippen LogP contribution >= 0.6 is 0 Å². The molecule has 0 fully saturated rings. The Morgan fingerprint density at radius 1 is 1.50 bits per heavy atom. The molecule has 0 atom stereocenters. The van der Waals surface area contributed by atoms with E-state index in [1.165, 1.54) is 0 Å². The summed E-state index contributed by atoms with van der Waals surface area (Å²) in [6, 6.07) is 5.71. The lowest BCUT2D eigenvalue weighted by molar-refractivity contribution is 0.738. The summed E-state index contributed by atoms with van der Waals surface area (Å²) < 4.78 is 0. The lowest BCUT2D eigenvalue weighted by Gasteiger charge is -1.80. The zero-order valence-electron chi connectivity index (χ0n) is 5.11. The minimum absolute atomic E-state index is 0.930. The second-order valence-electron chi connectivity index (χ2n) is 2.06. The van der Waals surface area contributed by atoms with Gasteiger partial charge in [-0.2, -0.15) is 0 Å². The van der Waals surface area contributed by atoms with Gasteiger partial charge < -0.3 is 0 Å². The Balaban J connectivity index is 2.67. The number of nitrogens with one attached hydrogen (secondary N) is 1. The van der Waals surface area contributed by atoms with Crippen molar-refractivity contribution in [1.82, 2.24) is 9.89 Å². The predicted molar refractivity (Wildman–Crippen MR) is 36.6 cm³/mol. The molecule has 0 aromatic heterocycles. The number of aromatic amines is 1. The molecular formula is C6H5N3O. The highest BCUT2D eigenvalue weighted by molar-refractivity contribution is 5.60. The molecule has 1 N–H and O–H groups in total. The van der Waals surface area contributed by atoms with Crippen molar-refractivity contribution < 1.29 is 0 Å². The molecule has 50 valence electrons. The van der Waals surface area contributed by atoms with E-state index in [1.807, 2.05) is 18.2 Å². The molecule has 2 aliphatic rings. The van der Waals surface area contributed by atoms with E-state index in [9.17, 15) is 4.91 Å². The third-order valence-corrected chi connectivity index (χ3v) is 1.43. The maximum Gasteiger partial charge on any atom is 0.0778 e. The SMILES string of the molecule is O=Nn1cc2cccc-2[nH]1. The molecule has 10 heavy (non-hydrogen) atoms. The van der Waals surface area contributed by atoms with Crippen LogP contribution in [-0.4, -0.2) is 9.89 Å². The van der Waals surface area contributed by atoms with Gasteiger partial charge in [0.25, 0.3) is 0 Å². The maximum absolute atomic E-state index is 9.96. The summed E-state index contributed by atoms with van der Waals surface area (Å²) in [7, 11) is 0. The molecule has 0 unspecified atom stereocenters. The van der Waals surface area contributed by atoms with E-state index in [2.05, 4.69) is 10.4 Å². The largest absolute Gasteiger partial charge is 0.275 e. The molecule has 0 saturated heterocycles. The van der Waals surface area contributed by atoms with E-state index in [0.717, 1.165) is 16.0 Å². The lowest BCUT2D eigenvalue weighted by Crippen LogP contribution is -1.83. The minimum Gasteiger partial charge on any atom is -0.275 e. The van der Waals surface area contributed by atoms with Gasteiger partial charge in [-0.1, -0.05) is 12.1 Å². The van der Waals surface area contributed by atoms with Crippen LogP contribution in [0.15, 0.2) is 29.7 Å². The Labute approximate surface area is 56.7 Å². The molecular weight excluding hydrogens is 130 g/mol. The number of fused-ring (bicyclic) bond motifs is 1. The second kappa shape index (κ2) is 1.70. The highest BCUT2D eigenvalue weighted by Gasteiger charge is 2.03. The van der Waals surface area contributed by atoms with Crippen molar-refractivity contribution in [3.8, 4) is 11.3 Å². The Bertz CT molecular complexity index is 296. The number of rotatable bonds is 1. The number of hydrogen-bond donors (Lipinski definition) is 1. The Morgan fingerprint density at radius 2 is 2.40 bits per heavy atom. The monoisotopic (exact) mass is 135 g/mol. The summed E-state index contributed by atoms with van der Waals surface area (Å²) in [4.78, 5) is 11.1. The Kier molecular flexibility index (Phi) is 0.887. The van der Waals surface area contributed by atoms with Crippen LogP contribution in [0.2, 0.25) is 0 Å². The third-order valence-electron chi connectivity index (χ3n) is 1.43. The summed E-state index contributed by atoms with van der Waals surface area (Å²) in [5, 5.41) is 5.45. The van der Waals surface area contributed by atoms with Gasteiger partial charge in [-0.3, -0.25) is 5.10 Å². The number of H-pyrrole nitrogens is 1. The molecule has 0 radical (unpaired) electrons. The topological polar surface area (TPSA) is 50.1 Å². The lowest BCUT2D eigenvalue weighted by atomic mass is 10.3. The number of hydrogen-bond acceptors (Lipinski definition) is 2. The third kappa shape index (κ3) is 0.556. The molecule has 1 aliphatic carbocycles. The van der Waals surface area contributed by atoms with E-state index < -0.39 is 0 Å². The Morgan fingerprint density at radius 3 is 3.10 bits per heavy atom. The summed E-state index contributed by atoms with van der Waals surface area (Å²) in [5.41, 5.74) is 1.93. The molecule has 2 rings (SSSR count). The molecule has 1 heterocycles. The van der Waals surface area contributed by atoms with Crippen molar-refractivity contribution in [1.29, 1.82) is 0 Å². The zero-order valence-corrected chi connectivity index (χ0v) is 5.11. The van der Waals surface area contributed by atoms with Crippen LogP contribution in [0.5, 0.6) is 0 Å². The highest BCUT2D eigenvalue weighted by Crippen LogP contribution is 2.19. The average molecular weight is 135 g/mol. The van der Waals surface area contributed by atoms with Crippen LogP contribution in [0, 0.1) is 4.91 Å². The van der Waals surface area contributed by atoms with Gasteiger partial charge in [0.15, 0.2) is 0 Å². The van der Waals surface area contributed by atoms with Crippen molar-refractivity contribution in [3.05, 3.63) is 29.3 Å². The van der Waals surface area contributed by atoms with E-state index in [4.69, 9.17) is 0 Å². The minimum atomic E-state index is 0.930. The smallest absolute Gasteiger partial charge is 0.0778 e. The highest BCUT2D eigenvalue weighted by atomic mass is 16.3. The second-order valence-corrected chi connectivity index (χ2v) is 2.06. The standard InChI is InChI=1S/C6H5N3O/c10-8-9-4-5-2-1-3-6(5)7-9/h1-4,7H. The van der Waals surface area contributed by atoms with Gasteiger partial charge >= 0.3 is 0 Å². The summed E-state index contributed by atoms with van der Waals surface area (Å²) in [5.74, 6) is 0. The first-order valence-corrected chi connectivity index (χ1v) is 2.90. The van der Waals surface area contributed by atoms with Crippen LogP contribution in [-0.2, 0) is 0 Å². The van der Waals surface area contributed by atoms with Crippen LogP contribution in [0.1, 0.15) is 0 Å².